The maximum Gasteiger partial charge on any atom is 0.272 e. The summed E-state index contributed by atoms with van der Waals surface area (Å²) in [5, 5.41) is 10.7. The quantitative estimate of drug-likeness (QED) is 0.591. The van der Waals surface area contributed by atoms with Gasteiger partial charge >= 0.3 is 0 Å². The molecular formula is C15H13BrFNO3. The zero-order chi connectivity index (χ0) is 15.6. The van der Waals surface area contributed by atoms with E-state index in [1.54, 1.807) is 0 Å². The van der Waals surface area contributed by atoms with Crippen LogP contribution in [0.4, 0.5) is 10.1 Å². The number of ether oxygens (including phenoxy) is 1. The number of nitro benzene ring substituents is 1. The monoisotopic (exact) mass is 353 g/mol. The number of nitro groups is 1. The number of nitrogens with zero attached hydrogens (tertiary/aromatic N) is 1. The lowest BCUT2D eigenvalue weighted by Crippen LogP contribution is -1.99. The molecule has 0 bridgehead atoms. The summed E-state index contributed by atoms with van der Waals surface area (Å²) in [6.45, 7) is 3.95. The van der Waals surface area contributed by atoms with E-state index in [9.17, 15) is 14.5 Å². The number of hydrogen-bond acceptors (Lipinski definition) is 3. The second-order valence-corrected chi connectivity index (χ2v) is 5.53. The molecule has 0 N–H and O–H groups in total. The van der Waals surface area contributed by atoms with Gasteiger partial charge in [-0.25, -0.2) is 4.39 Å². The van der Waals surface area contributed by atoms with Crippen molar-refractivity contribution in [2.75, 3.05) is 0 Å². The van der Waals surface area contributed by atoms with Gasteiger partial charge in [0.15, 0.2) is 0 Å². The van der Waals surface area contributed by atoms with Crippen molar-refractivity contribution in [3.05, 3.63) is 67.4 Å². The van der Waals surface area contributed by atoms with E-state index in [-0.39, 0.29) is 12.3 Å². The van der Waals surface area contributed by atoms with Gasteiger partial charge in [-0.3, -0.25) is 10.1 Å². The lowest BCUT2D eigenvalue weighted by atomic mass is 10.1. The molecular weight excluding hydrogens is 341 g/mol. The maximum absolute atomic E-state index is 13.3. The van der Waals surface area contributed by atoms with Crippen LogP contribution in [0.3, 0.4) is 0 Å². The predicted molar refractivity (Wildman–Crippen MR) is 81.0 cm³/mol. The molecule has 0 aliphatic heterocycles. The normalized spacial score (nSPS) is 10.5. The Morgan fingerprint density at radius 2 is 1.81 bits per heavy atom. The van der Waals surface area contributed by atoms with Gasteiger partial charge in [-0.05, 0) is 48.7 Å². The summed E-state index contributed by atoms with van der Waals surface area (Å²) in [5.41, 5.74) is 2.18. The van der Waals surface area contributed by atoms with Gasteiger partial charge in [-0.1, -0.05) is 15.9 Å². The van der Waals surface area contributed by atoms with Gasteiger partial charge in [-0.2, -0.15) is 0 Å². The molecule has 0 unspecified atom stereocenters. The molecule has 0 aliphatic carbocycles. The molecule has 0 fully saturated rings. The second kappa shape index (κ2) is 6.22. The Hall–Kier alpha value is -1.95. The fourth-order valence-electron chi connectivity index (χ4n) is 1.98. The molecule has 0 saturated heterocycles. The van der Waals surface area contributed by atoms with Gasteiger partial charge in [-0.15, -0.1) is 0 Å². The largest absolute Gasteiger partial charge is 0.489 e. The van der Waals surface area contributed by atoms with Crippen molar-refractivity contribution >= 4 is 21.6 Å². The summed E-state index contributed by atoms with van der Waals surface area (Å²) >= 11 is 3.46. The zero-order valence-corrected chi connectivity index (χ0v) is 13.1. The van der Waals surface area contributed by atoms with Crippen LogP contribution in [0.5, 0.6) is 5.75 Å². The summed E-state index contributed by atoms with van der Waals surface area (Å²) in [4.78, 5) is 10.1. The molecule has 0 amide bonds. The van der Waals surface area contributed by atoms with Crippen molar-refractivity contribution in [3.63, 3.8) is 0 Å². The van der Waals surface area contributed by atoms with E-state index in [4.69, 9.17) is 4.74 Å². The Morgan fingerprint density at radius 3 is 2.38 bits per heavy atom. The van der Waals surface area contributed by atoms with E-state index >= 15 is 0 Å². The average molecular weight is 354 g/mol. The Labute approximate surface area is 129 Å². The number of halogens is 2. The van der Waals surface area contributed by atoms with Crippen LogP contribution in [0.2, 0.25) is 0 Å². The van der Waals surface area contributed by atoms with Crippen molar-refractivity contribution in [1.82, 2.24) is 0 Å². The minimum Gasteiger partial charge on any atom is -0.489 e. The lowest BCUT2D eigenvalue weighted by Gasteiger charge is -2.10. The van der Waals surface area contributed by atoms with Crippen molar-refractivity contribution in [3.8, 4) is 5.75 Å². The van der Waals surface area contributed by atoms with Crippen LogP contribution in [0.15, 0.2) is 34.8 Å². The van der Waals surface area contributed by atoms with E-state index < -0.39 is 10.7 Å². The predicted octanol–water partition coefficient (Wildman–Crippen LogP) is 4.69. The maximum atomic E-state index is 13.3. The standard InChI is InChI=1S/C15H13BrFNO3/c1-9-3-14(4-10(2)15(9)16)21-8-11-5-12(17)7-13(6-11)18(19)20/h3-7H,8H2,1-2H3. The molecule has 6 heteroatoms. The smallest absolute Gasteiger partial charge is 0.272 e. The summed E-state index contributed by atoms with van der Waals surface area (Å²) in [7, 11) is 0. The third kappa shape index (κ3) is 3.78. The molecule has 0 radical (unpaired) electrons. The van der Waals surface area contributed by atoms with Crippen LogP contribution in [-0.4, -0.2) is 4.92 Å². The molecule has 0 atom stereocenters. The van der Waals surface area contributed by atoms with Crippen LogP contribution in [-0.2, 0) is 6.61 Å². The van der Waals surface area contributed by atoms with Gasteiger partial charge < -0.3 is 4.74 Å². The number of non-ortho nitro benzene ring substituents is 1. The van der Waals surface area contributed by atoms with E-state index in [0.29, 0.717) is 11.3 Å². The van der Waals surface area contributed by atoms with Crippen molar-refractivity contribution < 1.29 is 14.1 Å². The third-order valence-electron chi connectivity index (χ3n) is 2.97. The van der Waals surface area contributed by atoms with Crippen LogP contribution in [0.1, 0.15) is 16.7 Å². The second-order valence-electron chi connectivity index (χ2n) is 4.73. The van der Waals surface area contributed by atoms with E-state index in [2.05, 4.69) is 15.9 Å². The first-order valence-corrected chi connectivity index (χ1v) is 6.99. The van der Waals surface area contributed by atoms with Crippen LogP contribution in [0.25, 0.3) is 0 Å². The summed E-state index contributed by atoms with van der Waals surface area (Å²) < 4.78 is 19.9. The molecule has 110 valence electrons. The molecule has 2 aromatic rings. The van der Waals surface area contributed by atoms with E-state index in [0.717, 1.165) is 21.7 Å². The highest BCUT2D eigenvalue weighted by molar-refractivity contribution is 9.10. The highest BCUT2D eigenvalue weighted by Gasteiger charge is 2.10. The molecule has 2 aromatic carbocycles. The first-order valence-electron chi connectivity index (χ1n) is 6.20. The number of rotatable bonds is 4. The Bertz CT molecular complexity index is 680. The molecule has 0 heterocycles. The summed E-state index contributed by atoms with van der Waals surface area (Å²) in [6, 6.07) is 7.13. The molecule has 4 nitrogen and oxygen atoms in total. The van der Waals surface area contributed by atoms with Gasteiger partial charge in [0, 0.05) is 10.5 Å². The Kier molecular flexibility index (Phi) is 4.57. The fraction of sp³-hybridized carbons (Fsp3) is 0.200. The first-order chi connectivity index (χ1) is 9.86. The molecule has 2 rings (SSSR count). The Morgan fingerprint density at radius 1 is 1.19 bits per heavy atom. The molecule has 0 aliphatic rings. The van der Waals surface area contributed by atoms with Crippen LogP contribution in [0, 0.1) is 29.8 Å². The summed E-state index contributed by atoms with van der Waals surface area (Å²) in [5.74, 6) is -0.00826. The van der Waals surface area contributed by atoms with E-state index in [1.807, 2.05) is 26.0 Å². The molecule has 0 aromatic heterocycles. The van der Waals surface area contributed by atoms with Crippen molar-refractivity contribution in [1.29, 1.82) is 0 Å². The number of benzene rings is 2. The zero-order valence-electron chi connectivity index (χ0n) is 11.5. The average Bonchev–Trinajstić information content (AvgIpc) is 2.41. The minimum absolute atomic E-state index is 0.0686. The van der Waals surface area contributed by atoms with E-state index in [1.165, 1.54) is 12.1 Å². The summed E-state index contributed by atoms with van der Waals surface area (Å²) in [6.07, 6.45) is 0. The molecule has 0 saturated carbocycles. The topological polar surface area (TPSA) is 52.4 Å². The van der Waals surface area contributed by atoms with Gasteiger partial charge in [0.05, 0.1) is 11.0 Å². The van der Waals surface area contributed by atoms with Gasteiger partial charge in [0.2, 0.25) is 0 Å². The number of aryl methyl sites for hydroxylation is 2. The van der Waals surface area contributed by atoms with Crippen molar-refractivity contribution in [2.45, 2.75) is 20.5 Å². The minimum atomic E-state index is -0.647. The fourth-order valence-corrected chi connectivity index (χ4v) is 2.21. The van der Waals surface area contributed by atoms with Gasteiger partial charge in [0.1, 0.15) is 18.2 Å². The first kappa shape index (κ1) is 15.4. The Balaban J connectivity index is 2.18. The number of hydrogen-bond donors (Lipinski definition) is 0. The lowest BCUT2D eigenvalue weighted by molar-refractivity contribution is -0.385. The van der Waals surface area contributed by atoms with Crippen molar-refractivity contribution in [2.24, 2.45) is 0 Å². The van der Waals surface area contributed by atoms with Crippen LogP contribution >= 0.6 is 15.9 Å². The highest BCUT2D eigenvalue weighted by Crippen LogP contribution is 2.27. The molecule has 0 spiro atoms. The third-order valence-corrected chi connectivity index (χ3v) is 4.22. The SMILES string of the molecule is Cc1cc(OCc2cc(F)cc([N+](=O)[O-])c2)cc(C)c1Br. The molecule has 21 heavy (non-hydrogen) atoms. The van der Waals surface area contributed by atoms with Gasteiger partial charge in [0.25, 0.3) is 5.69 Å². The highest BCUT2D eigenvalue weighted by atomic mass is 79.9. The van der Waals surface area contributed by atoms with Crippen LogP contribution < -0.4 is 4.74 Å².